The lowest BCUT2D eigenvalue weighted by Crippen LogP contribution is -2.31. The number of nitrogens with one attached hydrogen (secondary N) is 1. The summed E-state index contributed by atoms with van der Waals surface area (Å²) in [6.07, 6.45) is 1.58. The minimum atomic E-state index is 0.343. The van der Waals surface area contributed by atoms with E-state index in [2.05, 4.69) is 27.8 Å². The molecule has 62 valence electrons. The fourth-order valence-electron chi connectivity index (χ4n) is 1.07. The van der Waals surface area contributed by atoms with Crippen molar-refractivity contribution < 1.29 is 3.97 Å². The predicted molar refractivity (Wildman–Crippen MR) is 47.6 cm³/mol. The quantitative estimate of drug-likeness (QED) is 0.391. The van der Waals surface area contributed by atoms with Crippen LogP contribution in [0.5, 0.6) is 0 Å². The van der Waals surface area contributed by atoms with Crippen molar-refractivity contribution in [1.82, 2.24) is 15.0 Å². The summed E-state index contributed by atoms with van der Waals surface area (Å²) in [7, 11) is 0. The topological polar surface area (TPSA) is 71.5 Å². The highest BCUT2D eigenvalue weighted by molar-refractivity contribution is 7.73. The summed E-state index contributed by atoms with van der Waals surface area (Å²) >= 11 is 4.14. The van der Waals surface area contributed by atoms with Crippen molar-refractivity contribution in [2.24, 2.45) is 0 Å². The van der Waals surface area contributed by atoms with E-state index < -0.39 is 0 Å². The largest absolute Gasteiger partial charge is 0.403 e. The summed E-state index contributed by atoms with van der Waals surface area (Å²) in [5.41, 5.74) is 7.95. The zero-order valence-corrected chi connectivity index (χ0v) is 7.34. The third kappa shape index (κ3) is 0.845. The Bertz CT molecular complexity index is 435. The molecule has 0 unspecified atom stereocenters. The van der Waals surface area contributed by atoms with Crippen LogP contribution in [-0.4, -0.2) is 15.0 Å². The Morgan fingerprint density at radius 3 is 3.17 bits per heavy atom. The van der Waals surface area contributed by atoms with Crippen molar-refractivity contribution in [1.29, 1.82) is 0 Å². The Labute approximate surface area is 74.2 Å². The van der Waals surface area contributed by atoms with Crippen molar-refractivity contribution in [3.63, 3.8) is 0 Å². The van der Waals surface area contributed by atoms with Gasteiger partial charge in [0.15, 0.2) is 0 Å². The van der Waals surface area contributed by atoms with E-state index in [9.17, 15) is 0 Å². The minimum absolute atomic E-state index is 0.343. The van der Waals surface area contributed by atoms with Gasteiger partial charge in [-0.15, -0.1) is 0 Å². The lowest BCUT2D eigenvalue weighted by Gasteiger charge is -1.96. The molecule has 2 rings (SSSR count). The number of aromatic nitrogens is 4. The lowest BCUT2D eigenvalue weighted by molar-refractivity contribution is -0.482. The summed E-state index contributed by atoms with van der Waals surface area (Å²) in [6.45, 7) is 1.89. The van der Waals surface area contributed by atoms with Crippen molar-refractivity contribution in [2.75, 3.05) is 5.73 Å². The third-order valence-electron chi connectivity index (χ3n) is 1.74. The van der Waals surface area contributed by atoms with E-state index in [0.717, 1.165) is 11.2 Å². The molecular formula is C6H8N5S+. The number of rotatable bonds is 0. The van der Waals surface area contributed by atoms with Gasteiger partial charge in [0, 0.05) is 12.8 Å². The first-order valence-electron chi connectivity index (χ1n) is 3.40. The second kappa shape index (κ2) is 2.34. The molecule has 0 fully saturated rings. The van der Waals surface area contributed by atoms with Gasteiger partial charge in [0.05, 0.1) is 6.33 Å². The number of fused-ring (bicyclic) bond motifs is 1. The molecule has 0 radical (unpaired) electrons. The van der Waals surface area contributed by atoms with Crippen LogP contribution in [0.3, 0.4) is 0 Å². The van der Waals surface area contributed by atoms with Gasteiger partial charge in [-0.2, -0.15) is 3.97 Å². The number of hydrogen-bond acceptors (Lipinski definition) is 4. The number of nitrogens with two attached hydrogens (primary N) is 1. The number of nitrogen functional groups attached to an aromatic ring is 1. The van der Waals surface area contributed by atoms with Gasteiger partial charge in [-0.1, -0.05) is 0 Å². The molecule has 0 aliphatic rings. The standard InChI is InChI=1S/C6H7N5S/c1-3-4-5(9-2-8-4)10-6(7)11(3)12/h2,12H,1H3,(H2,7,8,9,10)/p+1. The highest BCUT2D eigenvalue weighted by atomic mass is 32.1. The van der Waals surface area contributed by atoms with Crippen LogP contribution in [0, 0.1) is 6.92 Å². The van der Waals surface area contributed by atoms with Crippen molar-refractivity contribution in [2.45, 2.75) is 6.92 Å². The molecule has 0 saturated heterocycles. The maximum atomic E-state index is 5.57. The van der Waals surface area contributed by atoms with Crippen LogP contribution in [0.25, 0.3) is 11.2 Å². The number of aryl methyl sites for hydroxylation is 1. The van der Waals surface area contributed by atoms with Crippen molar-refractivity contribution >= 4 is 29.9 Å². The molecule has 3 N–H and O–H groups in total. The molecule has 0 amide bonds. The molecule has 0 bridgehead atoms. The molecule has 12 heavy (non-hydrogen) atoms. The molecule has 5 nitrogen and oxygen atoms in total. The average molecular weight is 182 g/mol. The predicted octanol–water partition coefficient (Wildman–Crippen LogP) is -0.171. The van der Waals surface area contributed by atoms with Crippen LogP contribution in [0.2, 0.25) is 0 Å². The van der Waals surface area contributed by atoms with Crippen LogP contribution in [-0.2, 0) is 0 Å². The molecule has 0 atom stereocenters. The Kier molecular flexibility index (Phi) is 1.44. The second-order valence-electron chi connectivity index (χ2n) is 2.47. The molecule has 0 saturated carbocycles. The average Bonchev–Trinajstić information content (AvgIpc) is 2.48. The van der Waals surface area contributed by atoms with Gasteiger partial charge < -0.3 is 4.98 Å². The summed E-state index contributed by atoms with van der Waals surface area (Å²) < 4.78 is 1.51. The fourth-order valence-corrected chi connectivity index (χ4v) is 1.22. The van der Waals surface area contributed by atoms with Gasteiger partial charge >= 0.3 is 5.95 Å². The lowest BCUT2D eigenvalue weighted by atomic mass is 10.4. The maximum absolute atomic E-state index is 5.57. The summed E-state index contributed by atoms with van der Waals surface area (Å²) in [4.78, 5) is 11.0. The van der Waals surface area contributed by atoms with Gasteiger partial charge in [-0.3, -0.25) is 5.73 Å². The highest BCUT2D eigenvalue weighted by Gasteiger charge is 2.14. The third-order valence-corrected chi connectivity index (χ3v) is 2.24. The Balaban J connectivity index is 2.94. The molecule has 0 spiro atoms. The SMILES string of the molecule is Cc1c2[nH]cnc2nc(N)[n+]1S. The van der Waals surface area contributed by atoms with E-state index in [1.807, 2.05) is 6.92 Å². The van der Waals surface area contributed by atoms with Crippen LogP contribution in [0.4, 0.5) is 5.95 Å². The molecule has 0 aliphatic heterocycles. The van der Waals surface area contributed by atoms with Gasteiger partial charge in [0.2, 0.25) is 0 Å². The van der Waals surface area contributed by atoms with Crippen LogP contribution >= 0.6 is 12.8 Å². The Morgan fingerprint density at radius 1 is 1.67 bits per heavy atom. The van der Waals surface area contributed by atoms with Gasteiger partial charge in [0.25, 0.3) is 5.65 Å². The maximum Gasteiger partial charge on any atom is 0.403 e. The summed E-state index contributed by atoms with van der Waals surface area (Å²) in [5, 5.41) is 0. The van der Waals surface area contributed by atoms with Crippen molar-refractivity contribution in [3.8, 4) is 0 Å². The van der Waals surface area contributed by atoms with Crippen LogP contribution in [0.1, 0.15) is 5.69 Å². The van der Waals surface area contributed by atoms with E-state index in [1.54, 1.807) is 6.33 Å². The number of nitrogens with zero attached hydrogens (tertiary/aromatic N) is 3. The summed E-state index contributed by atoms with van der Waals surface area (Å²) in [5.74, 6) is 0.343. The van der Waals surface area contributed by atoms with E-state index in [-0.39, 0.29) is 0 Å². The van der Waals surface area contributed by atoms with Crippen LogP contribution in [0.15, 0.2) is 6.33 Å². The fraction of sp³-hybridized carbons (Fsp3) is 0.167. The monoisotopic (exact) mass is 182 g/mol. The first kappa shape index (κ1) is 7.35. The normalized spacial score (nSPS) is 10.8. The number of aromatic amines is 1. The minimum Gasteiger partial charge on any atom is -0.339 e. The molecule has 0 aromatic carbocycles. The highest BCUT2D eigenvalue weighted by Crippen LogP contribution is 2.09. The van der Waals surface area contributed by atoms with Crippen LogP contribution < -0.4 is 9.71 Å². The van der Waals surface area contributed by atoms with E-state index in [1.165, 1.54) is 3.97 Å². The zero-order valence-electron chi connectivity index (χ0n) is 6.44. The molecule has 2 heterocycles. The van der Waals surface area contributed by atoms with E-state index in [0.29, 0.717) is 11.6 Å². The second-order valence-corrected chi connectivity index (χ2v) is 2.87. The summed E-state index contributed by atoms with van der Waals surface area (Å²) in [6, 6.07) is 0. The first-order chi connectivity index (χ1) is 5.70. The van der Waals surface area contributed by atoms with E-state index in [4.69, 9.17) is 5.73 Å². The molecule has 0 aliphatic carbocycles. The number of hydrogen-bond donors (Lipinski definition) is 3. The Morgan fingerprint density at radius 2 is 2.42 bits per heavy atom. The number of anilines is 1. The number of thiol groups is 1. The molecular weight excluding hydrogens is 174 g/mol. The smallest absolute Gasteiger partial charge is 0.339 e. The first-order valence-corrected chi connectivity index (χ1v) is 3.80. The number of H-pyrrole nitrogens is 1. The van der Waals surface area contributed by atoms with Crippen molar-refractivity contribution in [3.05, 3.63) is 12.0 Å². The van der Waals surface area contributed by atoms with Gasteiger partial charge in [-0.25, -0.2) is 4.98 Å². The molecule has 2 aromatic rings. The number of imidazole rings is 1. The molecule has 2 aromatic heterocycles. The van der Waals surface area contributed by atoms with E-state index >= 15 is 0 Å². The molecule has 6 heteroatoms. The zero-order chi connectivity index (χ0) is 8.72. The van der Waals surface area contributed by atoms with Gasteiger partial charge in [-0.05, 0) is 11.9 Å². The Hall–Kier alpha value is -1.30. The van der Waals surface area contributed by atoms with Gasteiger partial charge in [0.1, 0.15) is 11.2 Å².